The number of aliphatic carboxylic acids is 1. The summed E-state index contributed by atoms with van der Waals surface area (Å²) in [6.07, 6.45) is 8.23. The number of carboxylic acids is 1. The molecule has 10 heteroatoms. The lowest BCUT2D eigenvalue weighted by Gasteiger charge is -2.72. The minimum absolute atomic E-state index is 0.00669. The van der Waals surface area contributed by atoms with Gasteiger partial charge in [0, 0.05) is 50.6 Å². The molecule has 2 N–H and O–H groups in total. The first kappa shape index (κ1) is 43.5. The average Bonchev–Trinajstić information content (AvgIpc) is 3.43. The molecule has 1 amide bonds. The van der Waals surface area contributed by atoms with E-state index in [4.69, 9.17) is 4.74 Å². The predicted octanol–water partition coefficient (Wildman–Crippen LogP) is 7.73. The Balaban J connectivity index is 1.30. The van der Waals surface area contributed by atoms with E-state index in [-0.39, 0.29) is 70.8 Å². The third-order valence-electron chi connectivity index (χ3n) is 16.9. The Morgan fingerprint density at radius 3 is 2.26 bits per heavy atom. The van der Waals surface area contributed by atoms with Gasteiger partial charge in [0.1, 0.15) is 6.10 Å². The van der Waals surface area contributed by atoms with Gasteiger partial charge in [0.25, 0.3) is 0 Å². The highest BCUT2D eigenvalue weighted by atomic mass is 16.5. The van der Waals surface area contributed by atoms with Gasteiger partial charge in [-0.2, -0.15) is 0 Å². The number of hydrogen-bond acceptors (Lipinski definition) is 8. The molecule has 0 aromatic carbocycles. The molecule has 10 nitrogen and oxygen atoms in total. The second-order valence-corrected chi connectivity index (χ2v) is 21.4. The Morgan fingerprint density at radius 1 is 0.947 bits per heavy atom. The summed E-state index contributed by atoms with van der Waals surface area (Å²) in [4.78, 5) is 60.5. The molecule has 0 saturated heterocycles. The summed E-state index contributed by atoms with van der Waals surface area (Å²) in [5.74, 6) is -0.318. The maximum atomic E-state index is 14.3. The largest absolute Gasteiger partial charge is 0.481 e. The summed E-state index contributed by atoms with van der Waals surface area (Å²) in [6, 6.07) is 5.76. The van der Waals surface area contributed by atoms with Crippen molar-refractivity contribution in [1.82, 2.24) is 14.8 Å². The van der Waals surface area contributed by atoms with Crippen LogP contribution in [0.25, 0.3) is 0 Å². The van der Waals surface area contributed by atoms with Gasteiger partial charge in [-0.1, -0.05) is 60.1 Å². The fourth-order valence-electron chi connectivity index (χ4n) is 13.6. The molecule has 9 atom stereocenters. The van der Waals surface area contributed by atoms with Crippen molar-refractivity contribution in [2.24, 2.45) is 56.2 Å². The second kappa shape index (κ2) is 15.2. The fourth-order valence-corrected chi connectivity index (χ4v) is 13.6. The van der Waals surface area contributed by atoms with Crippen molar-refractivity contribution in [2.75, 3.05) is 27.2 Å². The predicted molar refractivity (Wildman–Crippen MR) is 220 cm³/mol. The van der Waals surface area contributed by atoms with Gasteiger partial charge >= 0.3 is 11.9 Å². The number of aliphatic hydroxyl groups excluding tert-OH is 1. The lowest BCUT2D eigenvalue weighted by atomic mass is 9.33. The van der Waals surface area contributed by atoms with Crippen LogP contribution < -0.4 is 0 Å². The maximum Gasteiger partial charge on any atom is 0.309 e. The van der Waals surface area contributed by atoms with E-state index in [1.165, 1.54) is 5.57 Å². The van der Waals surface area contributed by atoms with E-state index in [1.54, 1.807) is 39.0 Å². The van der Waals surface area contributed by atoms with Crippen molar-refractivity contribution in [3.8, 4) is 0 Å². The molecule has 6 rings (SSSR count). The van der Waals surface area contributed by atoms with Crippen LogP contribution in [0.5, 0.6) is 0 Å². The molecule has 1 aromatic rings. The van der Waals surface area contributed by atoms with Gasteiger partial charge in [0.2, 0.25) is 5.91 Å². The van der Waals surface area contributed by atoms with Gasteiger partial charge in [0.05, 0.1) is 30.2 Å². The van der Waals surface area contributed by atoms with E-state index in [2.05, 4.69) is 53.5 Å². The Hall–Kier alpha value is -3.11. The van der Waals surface area contributed by atoms with Gasteiger partial charge in [-0.3, -0.25) is 29.1 Å². The smallest absolute Gasteiger partial charge is 0.309 e. The van der Waals surface area contributed by atoms with Gasteiger partial charge in [0.15, 0.2) is 5.78 Å². The molecule has 1 heterocycles. The summed E-state index contributed by atoms with van der Waals surface area (Å²) in [5.41, 5.74) is 0.777. The van der Waals surface area contributed by atoms with Gasteiger partial charge in [-0.05, 0) is 123 Å². The number of allylic oxidation sites excluding steroid dienone is 1. The van der Waals surface area contributed by atoms with Crippen LogP contribution in [0.1, 0.15) is 132 Å². The van der Waals surface area contributed by atoms with Crippen molar-refractivity contribution in [1.29, 1.82) is 0 Å². The van der Waals surface area contributed by atoms with Crippen LogP contribution in [0.2, 0.25) is 0 Å². The van der Waals surface area contributed by atoms with E-state index in [0.29, 0.717) is 24.8 Å². The first-order valence-electron chi connectivity index (χ1n) is 21.7. The Bertz CT molecular complexity index is 1770. The number of rotatable bonds is 12. The first-order valence-corrected chi connectivity index (χ1v) is 21.7. The molecule has 4 fully saturated rings. The highest BCUT2D eigenvalue weighted by molar-refractivity contribution is 6.00. The molecule has 1 aromatic heterocycles. The van der Waals surface area contributed by atoms with Crippen LogP contribution in [0.3, 0.4) is 0 Å². The minimum atomic E-state index is -1.18. The molecular formula is C47H71N3O7. The normalized spacial score (nSPS) is 35.2. The van der Waals surface area contributed by atoms with Gasteiger partial charge in [-0.15, -0.1) is 0 Å². The maximum absolute atomic E-state index is 14.3. The number of nitrogens with zero attached hydrogens (tertiary/aromatic N) is 3. The monoisotopic (exact) mass is 790 g/mol. The zero-order valence-corrected chi connectivity index (χ0v) is 36.7. The summed E-state index contributed by atoms with van der Waals surface area (Å²) >= 11 is 0. The van der Waals surface area contributed by atoms with Crippen LogP contribution in [-0.4, -0.2) is 88.0 Å². The number of pyridine rings is 1. The summed E-state index contributed by atoms with van der Waals surface area (Å²) in [7, 11) is 3.50. The summed E-state index contributed by atoms with van der Waals surface area (Å²) < 4.78 is 6.18. The number of carbonyl (C=O) groups is 4. The van der Waals surface area contributed by atoms with Crippen LogP contribution in [-0.2, 0) is 30.5 Å². The number of carboxylic acid groups (broad SMARTS) is 1. The molecule has 0 aliphatic heterocycles. The van der Waals surface area contributed by atoms with E-state index in [1.807, 2.05) is 23.1 Å². The number of ether oxygens (including phenoxy) is 1. The topological polar surface area (TPSA) is 137 Å². The molecule has 57 heavy (non-hydrogen) atoms. The molecule has 0 unspecified atom stereocenters. The molecule has 0 bridgehead atoms. The quantitative estimate of drug-likeness (QED) is 0.204. The summed E-state index contributed by atoms with van der Waals surface area (Å²) in [5, 5.41) is 22.3. The van der Waals surface area contributed by atoms with Gasteiger partial charge in [-0.25, -0.2) is 0 Å². The van der Waals surface area contributed by atoms with Crippen LogP contribution >= 0.6 is 0 Å². The Labute approximate surface area is 341 Å². The van der Waals surface area contributed by atoms with E-state index >= 15 is 0 Å². The molecule has 4 saturated carbocycles. The Kier molecular flexibility index (Phi) is 11.6. The van der Waals surface area contributed by atoms with Crippen molar-refractivity contribution in [2.45, 2.75) is 145 Å². The number of esters is 1. The third kappa shape index (κ3) is 7.20. The van der Waals surface area contributed by atoms with Crippen molar-refractivity contribution < 1.29 is 34.1 Å². The van der Waals surface area contributed by atoms with Crippen molar-refractivity contribution in [3.05, 3.63) is 41.2 Å². The average molecular weight is 790 g/mol. The van der Waals surface area contributed by atoms with Crippen LogP contribution in [0.4, 0.5) is 0 Å². The highest BCUT2D eigenvalue weighted by Gasteiger charge is 2.71. The minimum Gasteiger partial charge on any atom is -0.481 e. The SMILES string of the molecule is CC(C)C1=C2[C@H]3CC[C@@H]4[C@@]5(C)CC[C@H](OC(=O)CC(C)(C)C(=O)O)C(C)(C)[C@@H]5CC[C@@]4(C)[C@]3(C)CC[C@@]2([C@@H](O)CN(CC(=O)N(C)C)Cc2ccccn2)CC1=O. The Morgan fingerprint density at radius 2 is 1.65 bits per heavy atom. The van der Waals surface area contributed by atoms with Gasteiger partial charge < -0.3 is 19.8 Å². The van der Waals surface area contributed by atoms with E-state index in [9.17, 15) is 29.4 Å². The molecule has 0 radical (unpaired) electrons. The molecule has 316 valence electrons. The summed E-state index contributed by atoms with van der Waals surface area (Å²) in [6.45, 7) is 20.3. The lowest BCUT2D eigenvalue weighted by Crippen LogP contribution is -2.66. The number of fused-ring (bicyclic) bond motifs is 7. The second-order valence-electron chi connectivity index (χ2n) is 21.4. The zero-order chi connectivity index (χ0) is 42.1. The number of amides is 1. The first-order chi connectivity index (χ1) is 26.4. The number of aromatic nitrogens is 1. The van der Waals surface area contributed by atoms with E-state index < -0.39 is 28.9 Å². The number of likely N-dealkylation sites (N-methyl/N-ethyl adjacent to an activating group) is 1. The van der Waals surface area contributed by atoms with Crippen LogP contribution in [0, 0.1) is 56.2 Å². The molecular weight excluding hydrogens is 719 g/mol. The molecule has 0 spiro atoms. The lowest BCUT2D eigenvalue weighted by molar-refractivity contribution is -0.235. The zero-order valence-electron chi connectivity index (χ0n) is 36.7. The third-order valence-corrected chi connectivity index (χ3v) is 16.9. The fraction of sp³-hybridized carbons (Fsp3) is 0.766. The molecule has 5 aliphatic rings. The van der Waals surface area contributed by atoms with Crippen molar-refractivity contribution >= 4 is 23.6 Å². The van der Waals surface area contributed by atoms with Crippen LogP contribution in [0.15, 0.2) is 35.5 Å². The number of carbonyl (C=O) groups excluding carboxylic acids is 3. The molecule has 5 aliphatic carbocycles. The standard InChI is InChI=1S/C47H71N3O7/c1-29(2)39-32(51)24-47(35(52)27-50(28-37(53)49(10)11)26-30-14-12-13-23-48-30)22-21-45(8)31(40(39)47)15-16-34-44(7)19-18-36(57-38(54)25-42(3,4)41(55)56)43(5,6)33(44)17-20-46(34,45)9/h12-14,23,29,31,33-36,52H,15-22,24-28H2,1-11H3,(H,55,56)/t31-,33+,34-,35+,36+,44+,45-,46-,47+/m1/s1. The number of hydrogen-bond donors (Lipinski definition) is 2. The number of Topliss-reactive ketones (excluding diaryl/α,β-unsaturated/α-hetero) is 1. The van der Waals surface area contributed by atoms with E-state index in [0.717, 1.165) is 62.6 Å². The number of ketones is 1. The van der Waals surface area contributed by atoms with Crippen molar-refractivity contribution in [3.63, 3.8) is 0 Å². The highest BCUT2D eigenvalue weighted by Crippen LogP contribution is 2.77. The number of aliphatic hydroxyl groups is 1.